The third-order valence-electron chi connectivity index (χ3n) is 2.99. The van der Waals surface area contributed by atoms with Crippen LogP contribution >= 0.6 is 15.9 Å². The van der Waals surface area contributed by atoms with Gasteiger partial charge in [-0.25, -0.2) is 4.39 Å². The van der Waals surface area contributed by atoms with Crippen molar-refractivity contribution in [1.82, 2.24) is 9.78 Å². The van der Waals surface area contributed by atoms with Gasteiger partial charge in [0.05, 0.1) is 17.8 Å². The Morgan fingerprint density at radius 1 is 1.37 bits per heavy atom. The summed E-state index contributed by atoms with van der Waals surface area (Å²) < 4.78 is 15.8. The lowest BCUT2D eigenvalue weighted by Crippen LogP contribution is -2.05. The van der Waals surface area contributed by atoms with E-state index in [-0.39, 0.29) is 11.6 Å². The molecule has 1 aromatic carbocycles. The molecule has 0 fully saturated rings. The molecule has 100 valence electrons. The van der Waals surface area contributed by atoms with Gasteiger partial charge in [0.2, 0.25) is 0 Å². The van der Waals surface area contributed by atoms with Crippen molar-refractivity contribution >= 4 is 21.7 Å². The molecular formula is C14H14BrFN2O. The van der Waals surface area contributed by atoms with Gasteiger partial charge in [0, 0.05) is 10.2 Å². The molecule has 0 spiro atoms. The second-order valence-corrected chi connectivity index (χ2v) is 5.45. The zero-order valence-corrected chi connectivity index (χ0v) is 12.6. The van der Waals surface area contributed by atoms with Crippen molar-refractivity contribution in [2.75, 3.05) is 0 Å². The summed E-state index contributed by atoms with van der Waals surface area (Å²) in [6.45, 7) is 5.63. The number of benzene rings is 1. The molecule has 2 rings (SSSR count). The number of aryl methyl sites for hydroxylation is 1. The highest BCUT2D eigenvalue weighted by molar-refractivity contribution is 9.10. The monoisotopic (exact) mass is 324 g/mol. The van der Waals surface area contributed by atoms with E-state index in [1.54, 1.807) is 4.68 Å². The second kappa shape index (κ2) is 5.25. The van der Waals surface area contributed by atoms with Crippen LogP contribution in [0, 0.1) is 19.7 Å². The number of carbonyl (C=O) groups is 1. The summed E-state index contributed by atoms with van der Waals surface area (Å²) in [6, 6.07) is 4.72. The van der Waals surface area contributed by atoms with E-state index in [1.165, 1.54) is 19.1 Å². The van der Waals surface area contributed by atoms with Gasteiger partial charge in [-0.1, -0.05) is 15.9 Å². The van der Waals surface area contributed by atoms with Gasteiger partial charge < -0.3 is 0 Å². The maximum atomic E-state index is 13.3. The smallest absolute Gasteiger partial charge is 0.163 e. The lowest BCUT2D eigenvalue weighted by atomic mass is 10.1. The summed E-state index contributed by atoms with van der Waals surface area (Å²) in [4.78, 5) is 11.5. The van der Waals surface area contributed by atoms with E-state index in [1.807, 2.05) is 19.9 Å². The third kappa shape index (κ3) is 2.92. The van der Waals surface area contributed by atoms with E-state index in [4.69, 9.17) is 0 Å². The predicted molar refractivity (Wildman–Crippen MR) is 74.9 cm³/mol. The molecule has 1 aromatic heterocycles. The maximum Gasteiger partial charge on any atom is 0.163 e. The molecular weight excluding hydrogens is 311 g/mol. The average Bonchev–Trinajstić information content (AvgIpc) is 2.52. The molecule has 2 aromatic rings. The Morgan fingerprint density at radius 2 is 2.05 bits per heavy atom. The second-order valence-electron chi connectivity index (χ2n) is 4.54. The quantitative estimate of drug-likeness (QED) is 0.808. The number of hydrogen-bond acceptors (Lipinski definition) is 2. The Labute approximate surface area is 119 Å². The van der Waals surface area contributed by atoms with Crippen LogP contribution in [0.2, 0.25) is 0 Å². The average molecular weight is 325 g/mol. The van der Waals surface area contributed by atoms with Crippen molar-refractivity contribution < 1.29 is 9.18 Å². The van der Waals surface area contributed by atoms with Crippen molar-refractivity contribution in [2.24, 2.45) is 0 Å². The van der Waals surface area contributed by atoms with E-state index in [0.717, 1.165) is 11.3 Å². The first-order valence-electron chi connectivity index (χ1n) is 5.88. The van der Waals surface area contributed by atoms with Crippen LogP contribution in [0.15, 0.2) is 22.7 Å². The van der Waals surface area contributed by atoms with Crippen molar-refractivity contribution in [3.8, 4) is 0 Å². The third-order valence-corrected chi connectivity index (χ3v) is 3.45. The molecule has 0 amide bonds. The fourth-order valence-electron chi connectivity index (χ4n) is 2.24. The lowest BCUT2D eigenvalue weighted by Gasteiger charge is -2.06. The molecule has 0 atom stereocenters. The first-order valence-corrected chi connectivity index (χ1v) is 6.67. The first kappa shape index (κ1) is 13.9. The van der Waals surface area contributed by atoms with E-state index in [0.29, 0.717) is 22.3 Å². The number of Topliss-reactive ketones (excluding diaryl/α,β-unsaturated/α-hetero) is 1. The standard InChI is InChI=1S/C14H14BrFN2O/c1-8-14(10(3)19)9(2)18(17-8)7-11-4-12(15)6-13(16)5-11/h4-6H,7H2,1-3H3. The van der Waals surface area contributed by atoms with E-state index >= 15 is 0 Å². The Kier molecular flexibility index (Phi) is 3.85. The summed E-state index contributed by atoms with van der Waals surface area (Å²) in [6.07, 6.45) is 0. The minimum atomic E-state index is -0.294. The van der Waals surface area contributed by atoms with Crippen LogP contribution in [0.25, 0.3) is 0 Å². The molecule has 0 aliphatic carbocycles. The normalized spacial score (nSPS) is 10.8. The number of halogens is 2. The molecule has 5 heteroatoms. The molecule has 1 heterocycles. The SMILES string of the molecule is CC(=O)c1c(C)nn(Cc2cc(F)cc(Br)c2)c1C. The van der Waals surface area contributed by atoms with Gasteiger partial charge in [-0.15, -0.1) is 0 Å². The van der Waals surface area contributed by atoms with Gasteiger partial charge in [-0.2, -0.15) is 5.10 Å². The Bertz CT molecular complexity index is 629. The summed E-state index contributed by atoms with van der Waals surface area (Å²) in [5.41, 5.74) is 2.97. The van der Waals surface area contributed by atoms with Crippen molar-refractivity contribution in [3.05, 3.63) is 51.0 Å². The van der Waals surface area contributed by atoms with Gasteiger partial charge in [0.25, 0.3) is 0 Å². The number of rotatable bonds is 3. The number of carbonyl (C=O) groups excluding carboxylic acids is 1. The molecule has 0 aliphatic heterocycles. The maximum absolute atomic E-state index is 13.3. The first-order chi connectivity index (χ1) is 8.88. The summed E-state index contributed by atoms with van der Waals surface area (Å²) >= 11 is 3.26. The van der Waals surface area contributed by atoms with Crippen molar-refractivity contribution in [2.45, 2.75) is 27.3 Å². The van der Waals surface area contributed by atoms with Gasteiger partial charge in [-0.3, -0.25) is 9.48 Å². The van der Waals surface area contributed by atoms with Crippen LogP contribution in [0.5, 0.6) is 0 Å². The van der Waals surface area contributed by atoms with Crippen LogP contribution in [0.1, 0.15) is 34.2 Å². The molecule has 0 unspecified atom stereocenters. The van der Waals surface area contributed by atoms with Crippen LogP contribution < -0.4 is 0 Å². The highest BCUT2D eigenvalue weighted by Crippen LogP contribution is 2.18. The summed E-state index contributed by atoms with van der Waals surface area (Å²) in [5.74, 6) is -0.292. The fourth-order valence-corrected chi connectivity index (χ4v) is 2.75. The van der Waals surface area contributed by atoms with Crippen LogP contribution in [-0.4, -0.2) is 15.6 Å². The molecule has 0 aliphatic rings. The lowest BCUT2D eigenvalue weighted by molar-refractivity contribution is 0.101. The van der Waals surface area contributed by atoms with Gasteiger partial charge in [0.15, 0.2) is 5.78 Å². The largest absolute Gasteiger partial charge is 0.294 e. The zero-order chi connectivity index (χ0) is 14.2. The van der Waals surface area contributed by atoms with Gasteiger partial charge in [0.1, 0.15) is 5.82 Å². The molecule has 0 saturated carbocycles. The van der Waals surface area contributed by atoms with Crippen LogP contribution in [0.4, 0.5) is 4.39 Å². The van der Waals surface area contributed by atoms with Crippen molar-refractivity contribution in [3.63, 3.8) is 0 Å². The Hall–Kier alpha value is -1.49. The minimum Gasteiger partial charge on any atom is -0.294 e. The highest BCUT2D eigenvalue weighted by Gasteiger charge is 2.15. The predicted octanol–water partition coefficient (Wildman–Crippen LogP) is 3.65. The number of hydrogen-bond donors (Lipinski definition) is 0. The van der Waals surface area contributed by atoms with Gasteiger partial charge in [-0.05, 0) is 44.5 Å². The number of nitrogens with zero attached hydrogens (tertiary/aromatic N) is 2. The topological polar surface area (TPSA) is 34.9 Å². The number of aromatic nitrogens is 2. The Morgan fingerprint density at radius 3 is 2.58 bits per heavy atom. The Balaban J connectivity index is 2.39. The van der Waals surface area contributed by atoms with E-state index < -0.39 is 0 Å². The molecule has 0 radical (unpaired) electrons. The van der Waals surface area contributed by atoms with E-state index in [2.05, 4.69) is 21.0 Å². The summed E-state index contributed by atoms with van der Waals surface area (Å²) in [5, 5.41) is 4.34. The minimum absolute atomic E-state index is 0.00155. The van der Waals surface area contributed by atoms with E-state index in [9.17, 15) is 9.18 Å². The van der Waals surface area contributed by atoms with Crippen molar-refractivity contribution in [1.29, 1.82) is 0 Å². The fraction of sp³-hybridized carbons (Fsp3) is 0.286. The zero-order valence-electron chi connectivity index (χ0n) is 11.0. The molecule has 19 heavy (non-hydrogen) atoms. The van der Waals surface area contributed by atoms with Crippen LogP contribution in [-0.2, 0) is 6.54 Å². The molecule has 0 saturated heterocycles. The molecule has 0 bridgehead atoms. The number of ketones is 1. The molecule has 3 nitrogen and oxygen atoms in total. The molecule has 0 N–H and O–H groups in total. The van der Waals surface area contributed by atoms with Gasteiger partial charge >= 0.3 is 0 Å². The highest BCUT2D eigenvalue weighted by atomic mass is 79.9. The summed E-state index contributed by atoms with van der Waals surface area (Å²) in [7, 11) is 0. The van der Waals surface area contributed by atoms with Crippen LogP contribution in [0.3, 0.4) is 0 Å².